The molecule has 0 N–H and O–H groups in total. The zero-order valence-corrected chi connectivity index (χ0v) is 10.5. The number of hydrogen-bond acceptors (Lipinski definition) is 2. The van der Waals surface area contributed by atoms with Gasteiger partial charge in [-0.1, -0.05) is 6.07 Å². The maximum absolute atomic E-state index is 11.8. The number of pyridine rings is 1. The summed E-state index contributed by atoms with van der Waals surface area (Å²) in [5.74, 6) is -0.116. The number of carbonyl (C=O) groups is 1. The van der Waals surface area contributed by atoms with Gasteiger partial charge in [-0.2, -0.15) is 0 Å². The van der Waals surface area contributed by atoms with Gasteiger partial charge in [0.25, 0.3) is 0 Å². The molecule has 2 aromatic rings. The first-order chi connectivity index (χ1) is 8.09. The van der Waals surface area contributed by atoms with Gasteiger partial charge in [0.2, 0.25) is 5.91 Å². The normalized spacial score (nSPS) is 12.4. The number of aromatic nitrogens is 1. The predicted molar refractivity (Wildman–Crippen MR) is 70.5 cm³/mol. The van der Waals surface area contributed by atoms with Crippen LogP contribution < -0.4 is 4.90 Å². The molecular formula is C13H13ClN2O. The first-order valence-electron chi connectivity index (χ1n) is 5.36. The number of halogens is 1. The Labute approximate surface area is 105 Å². The number of benzene rings is 1. The van der Waals surface area contributed by atoms with Crippen LogP contribution in [0.1, 0.15) is 6.92 Å². The van der Waals surface area contributed by atoms with Crippen molar-refractivity contribution in [2.75, 3.05) is 11.9 Å². The fourth-order valence-corrected chi connectivity index (χ4v) is 1.81. The Balaban J connectivity index is 2.39. The molecule has 1 aromatic carbocycles. The van der Waals surface area contributed by atoms with Gasteiger partial charge >= 0.3 is 0 Å². The minimum absolute atomic E-state index is 0.116. The Morgan fingerprint density at radius 1 is 1.41 bits per heavy atom. The van der Waals surface area contributed by atoms with Crippen LogP contribution in [0.4, 0.5) is 5.69 Å². The maximum Gasteiger partial charge on any atom is 0.244 e. The van der Waals surface area contributed by atoms with E-state index in [1.807, 2.05) is 30.3 Å². The van der Waals surface area contributed by atoms with E-state index in [1.165, 1.54) is 0 Å². The minimum atomic E-state index is -0.524. The Morgan fingerprint density at radius 2 is 2.18 bits per heavy atom. The molecule has 0 aliphatic heterocycles. The topological polar surface area (TPSA) is 33.2 Å². The van der Waals surface area contributed by atoms with Crippen LogP contribution >= 0.6 is 11.6 Å². The lowest BCUT2D eigenvalue weighted by Crippen LogP contribution is -2.31. The Morgan fingerprint density at radius 3 is 2.88 bits per heavy atom. The summed E-state index contributed by atoms with van der Waals surface area (Å²) in [6.45, 7) is 1.67. The van der Waals surface area contributed by atoms with Gasteiger partial charge < -0.3 is 4.90 Å². The number of amides is 1. The second kappa shape index (κ2) is 4.72. The summed E-state index contributed by atoms with van der Waals surface area (Å²) < 4.78 is 0. The quantitative estimate of drug-likeness (QED) is 0.766. The van der Waals surface area contributed by atoms with Crippen molar-refractivity contribution >= 4 is 34.1 Å². The van der Waals surface area contributed by atoms with Crippen molar-refractivity contribution in [3.05, 3.63) is 36.5 Å². The van der Waals surface area contributed by atoms with Crippen LogP contribution in [0.25, 0.3) is 10.9 Å². The van der Waals surface area contributed by atoms with E-state index in [0.29, 0.717) is 0 Å². The Hall–Kier alpha value is -1.61. The summed E-state index contributed by atoms with van der Waals surface area (Å²) >= 11 is 5.79. The molecular weight excluding hydrogens is 236 g/mol. The first kappa shape index (κ1) is 11.9. The van der Waals surface area contributed by atoms with E-state index in [2.05, 4.69) is 4.98 Å². The molecule has 3 nitrogen and oxygen atoms in total. The van der Waals surface area contributed by atoms with Crippen LogP contribution in [-0.4, -0.2) is 23.3 Å². The van der Waals surface area contributed by atoms with E-state index in [0.717, 1.165) is 16.6 Å². The maximum atomic E-state index is 11.8. The van der Waals surface area contributed by atoms with Crippen molar-refractivity contribution in [1.82, 2.24) is 4.98 Å². The third-order valence-electron chi connectivity index (χ3n) is 2.64. The number of rotatable bonds is 2. The van der Waals surface area contributed by atoms with Crippen LogP contribution in [0.15, 0.2) is 36.5 Å². The number of fused-ring (bicyclic) bond motifs is 1. The summed E-state index contributed by atoms with van der Waals surface area (Å²) in [7, 11) is 1.72. The third-order valence-corrected chi connectivity index (χ3v) is 2.83. The van der Waals surface area contributed by atoms with E-state index in [-0.39, 0.29) is 5.91 Å². The molecule has 4 heteroatoms. The molecule has 1 amide bonds. The standard InChI is InChI=1S/C13H13ClN2O/c1-9(14)13(17)16(2)11-5-6-12-10(8-11)4-3-7-15-12/h3-9H,1-2H3. The van der Waals surface area contributed by atoms with Crippen LogP contribution in [0, 0.1) is 0 Å². The largest absolute Gasteiger partial charge is 0.314 e. The molecule has 2 rings (SSSR count). The molecule has 1 aromatic heterocycles. The summed E-state index contributed by atoms with van der Waals surface area (Å²) in [5, 5.41) is 0.483. The molecule has 1 atom stereocenters. The zero-order valence-electron chi connectivity index (χ0n) is 9.72. The lowest BCUT2D eigenvalue weighted by Gasteiger charge is -2.18. The second-order valence-corrected chi connectivity index (χ2v) is 4.55. The summed E-state index contributed by atoms with van der Waals surface area (Å²) in [5.41, 5.74) is 1.74. The van der Waals surface area contributed by atoms with Crippen molar-refractivity contribution < 1.29 is 4.79 Å². The van der Waals surface area contributed by atoms with Gasteiger partial charge in [-0.05, 0) is 31.2 Å². The molecule has 1 heterocycles. The van der Waals surface area contributed by atoms with Gasteiger partial charge in [0, 0.05) is 24.3 Å². The van der Waals surface area contributed by atoms with Crippen molar-refractivity contribution in [3.8, 4) is 0 Å². The number of anilines is 1. The fourth-order valence-electron chi connectivity index (χ4n) is 1.67. The molecule has 17 heavy (non-hydrogen) atoms. The van der Waals surface area contributed by atoms with Gasteiger partial charge in [0.15, 0.2) is 0 Å². The highest BCUT2D eigenvalue weighted by Gasteiger charge is 2.16. The van der Waals surface area contributed by atoms with E-state index in [9.17, 15) is 4.79 Å². The lowest BCUT2D eigenvalue weighted by molar-refractivity contribution is -0.117. The molecule has 0 bridgehead atoms. The molecule has 0 saturated carbocycles. The summed E-state index contributed by atoms with van der Waals surface area (Å²) in [6.07, 6.45) is 1.75. The molecule has 0 fully saturated rings. The van der Waals surface area contributed by atoms with Crippen LogP contribution in [0.5, 0.6) is 0 Å². The third kappa shape index (κ3) is 2.39. The second-order valence-electron chi connectivity index (χ2n) is 3.89. The van der Waals surface area contributed by atoms with Crippen molar-refractivity contribution in [2.45, 2.75) is 12.3 Å². The average Bonchev–Trinajstić information content (AvgIpc) is 2.36. The first-order valence-corrected chi connectivity index (χ1v) is 5.79. The smallest absolute Gasteiger partial charge is 0.244 e. The van der Waals surface area contributed by atoms with Crippen LogP contribution in [-0.2, 0) is 4.79 Å². The van der Waals surface area contributed by atoms with Crippen LogP contribution in [0.3, 0.4) is 0 Å². The van der Waals surface area contributed by atoms with E-state index >= 15 is 0 Å². The van der Waals surface area contributed by atoms with Gasteiger partial charge in [0.05, 0.1) is 5.52 Å². The van der Waals surface area contributed by atoms with Crippen LogP contribution in [0.2, 0.25) is 0 Å². The minimum Gasteiger partial charge on any atom is -0.314 e. The van der Waals surface area contributed by atoms with Gasteiger partial charge in [-0.25, -0.2) is 0 Å². The molecule has 0 saturated heterocycles. The molecule has 0 radical (unpaired) electrons. The van der Waals surface area contributed by atoms with Crippen molar-refractivity contribution in [1.29, 1.82) is 0 Å². The van der Waals surface area contributed by atoms with E-state index in [1.54, 1.807) is 25.1 Å². The van der Waals surface area contributed by atoms with Gasteiger partial charge in [-0.3, -0.25) is 9.78 Å². The number of hydrogen-bond donors (Lipinski definition) is 0. The number of carbonyl (C=O) groups excluding carboxylic acids is 1. The van der Waals surface area contributed by atoms with E-state index < -0.39 is 5.38 Å². The monoisotopic (exact) mass is 248 g/mol. The van der Waals surface area contributed by atoms with Crippen molar-refractivity contribution in [2.24, 2.45) is 0 Å². The molecule has 0 aliphatic carbocycles. The zero-order chi connectivity index (χ0) is 12.4. The number of alkyl halides is 1. The Bertz CT molecular complexity index is 554. The fraction of sp³-hybridized carbons (Fsp3) is 0.231. The van der Waals surface area contributed by atoms with Crippen molar-refractivity contribution in [3.63, 3.8) is 0 Å². The molecule has 0 spiro atoms. The SMILES string of the molecule is CC(Cl)C(=O)N(C)c1ccc2ncccc2c1. The molecule has 1 unspecified atom stereocenters. The average molecular weight is 249 g/mol. The van der Waals surface area contributed by atoms with E-state index in [4.69, 9.17) is 11.6 Å². The number of nitrogens with zero attached hydrogens (tertiary/aromatic N) is 2. The molecule has 0 aliphatic rings. The lowest BCUT2D eigenvalue weighted by atomic mass is 10.2. The van der Waals surface area contributed by atoms with Gasteiger partial charge in [-0.15, -0.1) is 11.6 Å². The highest BCUT2D eigenvalue weighted by atomic mass is 35.5. The summed E-state index contributed by atoms with van der Waals surface area (Å²) in [4.78, 5) is 17.5. The van der Waals surface area contributed by atoms with Gasteiger partial charge in [0.1, 0.15) is 5.38 Å². The highest BCUT2D eigenvalue weighted by Crippen LogP contribution is 2.20. The Kier molecular flexibility index (Phi) is 3.29. The highest BCUT2D eigenvalue weighted by molar-refractivity contribution is 6.32. The predicted octanol–water partition coefficient (Wildman–Crippen LogP) is 2.82. The summed E-state index contributed by atoms with van der Waals surface area (Å²) in [6, 6.07) is 9.53. The molecule has 88 valence electrons.